The number of carbonyl (C=O) groups is 1. The molecule has 0 atom stereocenters. The third-order valence-electron chi connectivity index (χ3n) is 2.87. The van der Waals surface area contributed by atoms with Crippen LogP contribution in [0.25, 0.3) is 0 Å². The molecule has 19 heavy (non-hydrogen) atoms. The van der Waals surface area contributed by atoms with Gasteiger partial charge in [0.25, 0.3) is 0 Å². The van der Waals surface area contributed by atoms with Crippen molar-refractivity contribution in [3.63, 3.8) is 0 Å². The van der Waals surface area contributed by atoms with E-state index in [9.17, 15) is 9.18 Å². The van der Waals surface area contributed by atoms with Crippen LogP contribution in [0.3, 0.4) is 0 Å². The van der Waals surface area contributed by atoms with Crippen LogP contribution in [0.2, 0.25) is 0 Å². The molecule has 0 unspecified atom stereocenters. The van der Waals surface area contributed by atoms with E-state index >= 15 is 0 Å². The second kappa shape index (κ2) is 5.52. The molecule has 0 bridgehead atoms. The van der Waals surface area contributed by atoms with E-state index in [1.54, 1.807) is 30.3 Å². The highest BCUT2D eigenvalue weighted by Gasteiger charge is 2.05. The van der Waals surface area contributed by atoms with Gasteiger partial charge in [-0.1, -0.05) is 18.2 Å². The molecule has 0 aliphatic heterocycles. The molecule has 2 rings (SSSR count). The number of aromatic carboxylic acids is 1. The molecular formula is C15H14FNO2. The summed E-state index contributed by atoms with van der Waals surface area (Å²) in [6, 6.07) is 13.0. The van der Waals surface area contributed by atoms with Crippen molar-refractivity contribution in [1.29, 1.82) is 0 Å². The number of hydrogen-bond acceptors (Lipinski definition) is 2. The molecule has 2 aromatic rings. The Hall–Kier alpha value is -2.36. The fraction of sp³-hybridized carbons (Fsp3) is 0.133. The van der Waals surface area contributed by atoms with Crippen LogP contribution >= 0.6 is 0 Å². The second-order valence-corrected chi connectivity index (χ2v) is 4.34. The van der Waals surface area contributed by atoms with Crippen molar-refractivity contribution in [2.75, 3.05) is 11.9 Å². The van der Waals surface area contributed by atoms with Crippen LogP contribution in [0, 0.1) is 5.82 Å². The van der Waals surface area contributed by atoms with Crippen LogP contribution < -0.4 is 4.90 Å². The molecule has 0 amide bonds. The van der Waals surface area contributed by atoms with Crippen LogP contribution in [0.5, 0.6) is 0 Å². The summed E-state index contributed by atoms with van der Waals surface area (Å²) in [5.74, 6) is -1.21. The van der Waals surface area contributed by atoms with Gasteiger partial charge in [0.15, 0.2) is 0 Å². The van der Waals surface area contributed by atoms with Gasteiger partial charge in [-0.2, -0.15) is 0 Å². The van der Waals surface area contributed by atoms with E-state index in [0.717, 1.165) is 11.3 Å². The van der Waals surface area contributed by atoms with E-state index in [1.165, 1.54) is 12.1 Å². The third kappa shape index (κ3) is 3.31. The highest BCUT2D eigenvalue weighted by Crippen LogP contribution is 2.16. The molecular weight excluding hydrogens is 245 g/mol. The number of nitrogens with zero attached hydrogens (tertiary/aromatic N) is 1. The summed E-state index contributed by atoms with van der Waals surface area (Å²) in [5, 5.41) is 8.81. The Morgan fingerprint density at radius 2 is 1.89 bits per heavy atom. The van der Waals surface area contributed by atoms with E-state index in [4.69, 9.17) is 5.11 Å². The first-order chi connectivity index (χ1) is 9.06. The smallest absolute Gasteiger partial charge is 0.335 e. The van der Waals surface area contributed by atoms with Crippen LogP contribution in [0.15, 0.2) is 48.5 Å². The Kier molecular flexibility index (Phi) is 3.80. The Bertz CT molecular complexity index is 581. The van der Waals surface area contributed by atoms with Gasteiger partial charge in [0.2, 0.25) is 0 Å². The first-order valence-corrected chi connectivity index (χ1v) is 5.85. The Morgan fingerprint density at radius 3 is 2.47 bits per heavy atom. The van der Waals surface area contributed by atoms with Gasteiger partial charge in [-0.3, -0.25) is 0 Å². The van der Waals surface area contributed by atoms with E-state index < -0.39 is 5.97 Å². The van der Waals surface area contributed by atoms with Crippen LogP contribution in [-0.2, 0) is 6.54 Å². The Labute approximate surface area is 110 Å². The van der Waals surface area contributed by atoms with Gasteiger partial charge >= 0.3 is 5.97 Å². The predicted octanol–water partition coefficient (Wildman–Crippen LogP) is 3.16. The lowest BCUT2D eigenvalue weighted by atomic mass is 10.1. The number of benzene rings is 2. The summed E-state index contributed by atoms with van der Waals surface area (Å²) >= 11 is 0. The average molecular weight is 259 g/mol. The lowest BCUT2D eigenvalue weighted by Crippen LogP contribution is -2.16. The Balaban J connectivity index is 2.10. The highest BCUT2D eigenvalue weighted by atomic mass is 19.1. The van der Waals surface area contributed by atoms with E-state index in [1.807, 2.05) is 18.0 Å². The maximum Gasteiger partial charge on any atom is 0.335 e. The molecule has 3 nitrogen and oxygen atoms in total. The largest absolute Gasteiger partial charge is 0.478 e. The number of halogens is 1. The zero-order chi connectivity index (χ0) is 13.8. The molecule has 98 valence electrons. The quantitative estimate of drug-likeness (QED) is 0.916. The van der Waals surface area contributed by atoms with Crippen molar-refractivity contribution in [3.8, 4) is 0 Å². The molecule has 0 fully saturated rings. The molecule has 0 spiro atoms. The first kappa shape index (κ1) is 13.1. The summed E-state index contributed by atoms with van der Waals surface area (Å²) in [7, 11) is 1.86. The molecule has 0 saturated heterocycles. The SMILES string of the molecule is CN(Cc1ccc(C(=O)O)cc1)c1cccc(F)c1. The first-order valence-electron chi connectivity index (χ1n) is 5.85. The summed E-state index contributed by atoms with van der Waals surface area (Å²) in [4.78, 5) is 12.6. The number of anilines is 1. The summed E-state index contributed by atoms with van der Waals surface area (Å²) in [6.07, 6.45) is 0. The highest BCUT2D eigenvalue weighted by molar-refractivity contribution is 5.87. The van der Waals surface area contributed by atoms with Gasteiger partial charge in [-0.15, -0.1) is 0 Å². The van der Waals surface area contributed by atoms with Crippen molar-refractivity contribution in [3.05, 3.63) is 65.5 Å². The van der Waals surface area contributed by atoms with Gasteiger partial charge in [-0.25, -0.2) is 9.18 Å². The predicted molar refractivity (Wildman–Crippen MR) is 71.9 cm³/mol. The zero-order valence-electron chi connectivity index (χ0n) is 10.5. The molecule has 0 radical (unpaired) electrons. The average Bonchev–Trinajstić information content (AvgIpc) is 2.39. The Morgan fingerprint density at radius 1 is 1.21 bits per heavy atom. The van der Waals surface area contributed by atoms with Crippen molar-refractivity contribution in [2.45, 2.75) is 6.54 Å². The van der Waals surface area contributed by atoms with Gasteiger partial charge < -0.3 is 10.0 Å². The molecule has 0 aliphatic carbocycles. The van der Waals surface area contributed by atoms with Crippen molar-refractivity contribution in [1.82, 2.24) is 0 Å². The summed E-state index contributed by atoms with van der Waals surface area (Å²) < 4.78 is 13.1. The normalized spacial score (nSPS) is 10.2. The second-order valence-electron chi connectivity index (χ2n) is 4.34. The monoisotopic (exact) mass is 259 g/mol. The van der Waals surface area contributed by atoms with Gasteiger partial charge in [0.1, 0.15) is 5.82 Å². The fourth-order valence-corrected chi connectivity index (χ4v) is 1.83. The fourth-order valence-electron chi connectivity index (χ4n) is 1.83. The van der Waals surface area contributed by atoms with Gasteiger partial charge in [0.05, 0.1) is 5.56 Å². The maximum absolute atomic E-state index is 13.1. The van der Waals surface area contributed by atoms with Crippen LogP contribution in [-0.4, -0.2) is 18.1 Å². The van der Waals surface area contributed by atoms with Crippen molar-refractivity contribution in [2.24, 2.45) is 0 Å². The molecule has 1 N–H and O–H groups in total. The lowest BCUT2D eigenvalue weighted by molar-refractivity contribution is 0.0697. The number of rotatable bonds is 4. The lowest BCUT2D eigenvalue weighted by Gasteiger charge is -2.19. The summed E-state index contributed by atoms with van der Waals surface area (Å²) in [5.41, 5.74) is 2.01. The maximum atomic E-state index is 13.1. The standard InChI is InChI=1S/C15H14FNO2/c1-17(14-4-2-3-13(16)9-14)10-11-5-7-12(8-6-11)15(18)19/h2-9H,10H2,1H3,(H,18,19). The van der Waals surface area contributed by atoms with Crippen LogP contribution in [0.4, 0.5) is 10.1 Å². The minimum absolute atomic E-state index is 0.261. The molecule has 4 heteroatoms. The van der Waals surface area contributed by atoms with E-state index in [-0.39, 0.29) is 11.4 Å². The minimum atomic E-state index is -0.940. The molecule has 0 heterocycles. The molecule has 2 aromatic carbocycles. The number of carboxylic acids is 1. The molecule has 0 aromatic heterocycles. The van der Waals surface area contributed by atoms with Crippen LogP contribution in [0.1, 0.15) is 15.9 Å². The third-order valence-corrected chi connectivity index (χ3v) is 2.87. The number of hydrogen-bond donors (Lipinski definition) is 1. The summed E-state index contributed by atoms with van der Waals surface area (Å²) in [6.45, 7) is 0.587. The minimum Gasteiger partial charge on any atom is -0.478 e. The van der Waals surface area contributed by atoms with Crippen molar-refractivity contribution < 1.29 is 14.3 Å². The van der Waals surface area contributed by atoms with Crippen molar-refractivity contribution >= 4 is 11.7 Å². The van der Waals surface area contributed by atoms with Gasteiger partial charge in [0, 0.05) is 19.3 Å². The molecule has 0 aliphatic rings. The van der Waals surface area contributed by atoms with E-state index in [0.29, 0.717) is 6.54 Å². The number of carboxylic acid groups (broad SMARTS) is 1. The van der Waals surface area contributed by atoms with E-state index in [2.05, 4.69) is 0 Å². The van der Waals surface area contributed by atoms with Gasteiger partial charge in [-0.05, 0) is 35.9 Å². The topological polar surface area (TPSA) is 40.5 Å². The molecule has 0 saturated carbocycles. The zero-order valence-corrected chi connectivity index (χ0v) is 10.5.